The second kappa shape index (κ2) is 5.61. The summed E-state index contributed by atoms with van der Waals surface area (Å²) in [5.74, 6) is 1.17. The molecule has 3 N–H and O–H groups in total. The molecular weight excluding hydrogens is 274 g/mol. The zero-order valence-electron chi connectivity index (χ0n) is 12.3. The number of sulfonamides is 1. The molecule has 2 unspecified atom stereocenters. The van der Waals surface area contributed by atoms with E-state index < -0.39 is 10.0 Å². The number of hydrogen-bond donors (Lipinski definition) is 2. The summed E-state index contributed by atoms with van der Waals surface area (Å²) in [6.45, 7) is 6.26. The molecule has 1 aromatic rings. The standard InChI is InChI=1S/C14H23N3O2S/c1-10-6-11(2)9-17(8-10)14-7-12(4-5-13(14)15)20(18,19)16-3/h4-5,7,10-11,16H,6,8-9,15H2,1-3H3. The van der Waals surface area contributed by atoms with E-state index in [9.17, 15) is 8.42 Å². The first-order valence-electron chi connectivity index (χ1n) is 6.91. The minimum absolute atomic E-state index is 0.259. The molecular formula is C14H23N3O2S. The van der Waals surface area contributed by atoms with Crippen LogP contribution in [0.5, 0.6) is 0 Å². The highest BCUT2D eigenvalue weighted by molar-refractivity contribution is 7.89. The third kappa shape index (κ3) is 3.07. The number of anilines is 2. The molecule has 0 bridgehead atoms. The third-order valence-electron chi connectivity index (χ3n) is 3.79. The molecule has 20 heavy (non-hydrogen) atoms. The molecule has 1 aliphatic rings. The number of nitrogens with two attached hydrogens (primary N) is 1. The number of rotatable bonds is 3. The van der Waals surface area contributed by atoms with Crippen molar-refractivity contribution in [3.8, 4) is 0 Å². The van der Waals surface area contributed by atoms with Crippen LogP contribution in [0, 0.1) is 11.8 Å². The molecule has 0 aromatic heterocycles. The van der Waals surface area contributed by atoms with E-state index in [2.05, 4.69) is 23.5 Å². The average Bonchev–Trinajstić information content (AvgIpc) is 2.37. The Hall–Kier alpha value is -1.27. The zero-order valence-corrected chi connectivity index (χ0v) is 13.1. The summed E-state index contributed by atoms with van der Waals surface area (Å²) in [7, 11) is -2.02. The summed E-state index contributed by atoms with van der Waals surface area (Å²) >= 11 is 0. The van der Waals surface area contributed by atoms with Crippen LogP contribution in [-0.4, -0.2) is 28.6 Å². The Morgan fingerprint density at radius 3 is 2.40 bits per heavy atom. The zero-order chi connectivity index (χ0) is 14.9. The molecule has 0 amide bonds. The summed E-state index contributed by atoms with van der Waals surface area (Å²) in [6, 6.07) is 4.89. The number of piperidine rings is 1. The Bertz CT molecular complexity index is 576. The third-order valence-corrected chi connectivity index (χ3v) is 5.20. The van der Waals surface area contributed by atoms with Gasteiger partial charge >= 0.3 is 0 Å². The lowest BCUT2D eigenvalue weighted by Gasteiger charge is -2.37. The fourth-order valence-electron chi connectivity index (χ4n) is 2.94. The molecule has 0 radical (unpaired) electrons. The van der Waals surface area contributed by atoms with E-state index >= 15 is 0 Å². The number of nitrogen functional groups attached to an aromatic ring is 1. The van der Waals surface area contributed by atoms with Crippen molar-refractivity contribution in [3.05, 3.63) is 18.2 Å². The van der Waals surface area contributed by atoms with E-state index in [1.54, 1.807) is 18.2 Å². The van der Waals surface area contributed by atoms with Crippen molar-refractivity contribution in [3.63, 3.8) is 0 Å². The number of benzene rings is 1. The Kier molecular flexibility index (Phi) is 4.25. The molecule has 2 rings (SSSR count). The van der Waals surface area contributed by atoms with Crippen molar-refractivity contribution in [1.29, 1.82) is 0 Å². The number of hydrogen-bond acceptors (Lipinski definition) is 4. The van der Waals surface area contributed by atoms with Crippen LogP contribution in [-0.2, 0) is 10.0 Å². The second-order valence-electron chi connectivity index (χ2n) is 5.78. The van der Waals surface area contributed by atoms with Crippen LogP contribution < -0.4 is 15.4 Å². The van der Waals surface area contributed by atoms with Crippen LogP contribution in [0.2, 0.25) is 0 Å². The lowest BCUT2D eigenvalue weighted by Crippen LogP contribution is -2.39. The summed E-state index contributed by atoms with van der Waals surface area (Å²) in [4.78, 5) is 2.46. The van der Waals surface area contributed by atoms with Crippen LogP contribution >= 0.6 is 0 Å². The molecule has 6 heteroatoms. The van der Waals surface area contributed by atoms with Crippen molar-refractivity contribution >= 4 is 21.4 Å². The van der Waals surface area contributed by atoms with Crippen molar-refractivity contribution < 1.29 is 8.42 Å². The summed E-state index contributed by atoms with van der Waals surface area (Å²) < 4.78 is 26.1. The van der Waals surface area contributed by atoms with E-state index in [0.29, 0.717) is 17.5 Å². The van der Waals surface area contributed by atoms with Gasteiger partial charge in [0.15, 0.2) is 0 Å². The van der Waals surface area contributed by atoms with E-state index in [0.717, 1.165) is 18.8 Å². The van der Waals surface area contributed by atoms with Gasteiger partial charge in [-0.2, -0.15) is 0 Å². The predicted molar refractivity (Wildman–Crippen MR) is 82.3 cm³/mol. The van der Waals surface area contributed by atoms with E-state index in [1.165, 1.54) is 13.5 Å². The quantitative estimate of drug-likeness (QED) is 0.832. The lowest BCUT2D eigenvalue weighted by atomic mass is 9.91. The van der Waals surface area contributed by atoms with Gasteiger partial charge in [0.05, 0.1) is 16.3 Å². The SMILES string of the molecule is CNS(=O)(=O)c1ccc(N)c(N2CC(C)CC(C)C2)c1. The molecule has 0 spiro atoms. The maximum Gasteiger partial charge on any atom is 0.240 e. The van der Waals surface area contributed by atoms with E-state index in [-0.39, 0.29) is 4.90 Å². The average molecular weight is 297 g/mol. The van der Waals surface area contributed by atoms with E-state index in [4.69, 9.17) is 5.73 Å². The van der Waals surface area contributed by atoms with Gasteiger partial charge in [-0.15, -0.1) is 0 Å². The monoisotopic (exact) mass is 297 g/mol. The fraction of sp³-hybridized carbons (Fsp3) is 0.571. The predicted octanol–water partition coefficient (Wildman–Crippen LogP) is 1.66. The molecule has 0 aliphatic carbocycles. The number of nitrogens with one attached hydrogen (secondary N) is 1. The Morgan fingerprint density at radius 2 is 1.85 bits per heavy atom. The topological polar surface area (TPSA) is 75.4 Å². The van der Waals surface area contributed by atoms with Crippen LogP contribution in [0.3, 0.4) is 0 Å². The van der Waals surface area contributed by atoms with Crippen LogP contribution in [0.15, 0.2) is 23.1 Å². The van der Waals surface area contributed by atoms with Gasteiger partial charge in [0, 0.05) is 13.1 Å². The van der Waals surface area contributed by atoms with Gasteiger partial charge in [0.2, 0.25) is 10.0 Å². The fourth-order valence-corrected chi connectivity index (χ4v) is 3.69. The summed E-state index contributed by atoms with van der Waals surface area (Å²) in [5.41, 5.74) is 7.48. The summed E-state index contributed by atoms with van der Waals surface area (Å²) in [5, 5.41) is 0. The first kappa shape index (κ1) is 15.1. The number of nitrogens with zero attached hydrogens (tertiary/aromatic N) is 1. The minimum atomic E-state index is -3.44. The Balaban J connectivity index is 2.38. The van der Waals surface area contributed by atoms with Gasteiger partial charge < -0.3 is 10.6 Å². The maximum absolute atomic E-state index is 11.9. The largest absolute Gasteiger partial charge is 0.397 e. The van der Waals surface area contributed by atoms with Crippen molar-refractivity contribution in [2.45, 2.75) is 25.2 Å². The van der Waals surface area contributed by atoms with Crippen LogP contribution in [0.1, 0.15) is 20.3 Å². The van der Waals surface area contributed by atoms with Crippen molar-refractivity contribution in [2.75, 3.05) is 30.8 Å². The van der Waals surface area contributed by atoms with Crippen molar-refractivity contribution in [2.24, 2.45) is 11.8 Å². The lowest BCUT2D eigenvalue weighted by molar-refractivity contribution is 0.357. The first-order chi connectivity index (χ1) is 9.33. The van der Waals surface area contributed by atoms with Crippen LogP contribution in [0.4, 0.5) is 11.4 Å². The second-order valence-corrected chi connectivity index (χ2v) is 7.67. The van der Waals surface area contributed by atoms with Gasteiger partial charge in [-0.05, 0) is 43.5 Å². The van der Waals surface area contributed by atoms with E-state index in [1.807, 2.05) is 0 Å². The molecule has 112 valence electrons. The molecule has 1 aromatic carbocycles. The minimum Gasteiger partial charge on any atom is -0.397 e. The molecule has 1 fully saturated rings. The highest BCUT2D eigenvalue weighted by atomic mass is 32.2. The van der Waals surface area contributed by atoms with Crippen LogP contribution in [0.25, 0.3) is 0 Å². The molecule has 1 aliphatic heterocycles. The van der Waals surface area contributed by atoms with Gasteiger partial charge in [-0.1, -0.05) is 13.8 Å². The highest BCUT2D eigenvalue weighted by Crippen LogP contribution is 2.31. The molecule has 1 saturated heterocycles. The molecule has 1 heterocycles. The molecule has 5 nitrogen and oxygen atoms in total. The Labute approximate surface area is 121 Å². The summed E-state index contributed by atoms with van der Waals surface area (Å²) in [6.07, 6.45) is 1.20. The highest BCUT2D eigenvalue weighted by Gasteiger charge is 2.24. The molecule has 0 saturated carbocycles. The Morgan fingerprint density at radius 1 is 1.25 bits per heavy atom. The van der Waals surface area contributed by atoms with Gasteiger partial charge in [-0.25, -0.2) is 13.1 Å². The van der Waals surface area contributed by atoms with Crippen molar-refractivity contribution in [1.82, 2.24) is 4.72 Å². The smallest absolute Gasteiger partial charge is 0.240 e. The van der Waals surface area contributed by atoms with Gasteiger partial charge in [-0.3, -0.25) is 0 Å². The molecule has 2 atom stereocenters. The van der Waals surface area contributed by atoms with Gasteiger partial charge in [0.25, 0.3) is 0 Å². The maximum atomic E-state index is 11.9. The first-order valence-corrected chi connectivity index (χ1v) is 8.40. The normalized spacial score (nSPS) is 23.9. The van der Waals surface area contributed by atoms with Gasteiger partial charge in [0.1, 0.15) is 0 Å².